The van der Waals surface area contributed by atoms with Gasteiger partial charge in [-0.05, 0) is 37.0 Å². The number of carbonyl (C=O) groups is 1. The van der Waals surface area contributed by atoms with Gasteiger partial charge < -0.3 is 9.47 Å². The van der Waals surface area contributed by atoms with Gasteiger partial charge in [0, 0.05) is 29.6 Å². The molecule has 0 spiro atoms. The minimum absolute atomic E-state index is 0.0455. The Kier molecular flexibility index (Phi) is 4.49. The molecule has 1 fully saturated rings. The van der Waals surface area contributed by atoms with E-state index in [1.54, 1.807) is 12.1 Å². The zero-order chi connectivity index (χ0) is 18.1. The molecule has 134 valence electrons. The third kappa shape index (κ3) is 3.12. The fourth-order valence-electron chi connectivity index (χ4n) is 3.89. The van der Waals surface area contributed by atoms with Crippen molar-refractivity contribution in [2.24, 2.45) is 5.92 Å². The fourth-order valence-corrected chi connectivity index (χ4v) is 3.89. The maximum Gasteiger partial charge on any atom is 0.270 e. The predicted molar refractivity (Wildman–Crippen MR) is 102 cm³/mol. The summed E-state index contributed by atoms with van der Waals surface area (Å²) in [6.45, 7) is 4.13. The first-order valence-corrected chi connectivity index (χ1v) is 9.24. The number of nitrogens with zero attached hydrogens (tertiary/aromatic N) is 2. The van der Waals surface area contributed by atoms with Crippen LogP contribution in [0.5, 0.6) is 0 Å². The minimum Gasteiger partial charge on any atom is -0.337 e. The van der Waals surface area contributed by atoms with Gasteiger partial charge in [0.1, 0.15) is 11.5 Å². The van der Waals surface area contributed by atoms with E-state index in [0.717, 1.165) is 30.4 Å². The van der Waals surface area contributed by atoms with Crippen molar-refractivity contribution in [3.63, 3.8) is 0 Å². The molecule has 4 rings (SSSR count). The Morgan fingerprint density at radius 2 is 1.92 bits per heavy atom. The van der Waals surface area contributed by atoms with Crippen LogP contribution in [0.25, 0.3) is 10.9 Å². The highest BCUT2D eigenvalue weighted by Gasteiger charge is 2.25. The molecule has 0 saturated carbocycles. The van der Waals surface area contributed by atoms with Crippen molar-refractivity contribution in [3.8, 4) is 0 Å². The van der Waals surface area contributed by atoms with E-state index in [1.165, 1.54) is 12.5 Å². The maximum absolute atomic E-state index is 14.2. The topological polar surface area (TPSA) is 25.2 Å². The molecule has 0 bridgehead atoms. The van der Waals surface area contributed by atoms with Gasteiger partial charge in [-0.15, -0.1) is 0 Å². The normalized spacial score (nSPS) is 17.6. The molecule has 1 aromatic heterocycles. The van der Waals surface area contributed by atoms with E-state index >= 15 is 0 Å². The summed E-state index contributed by atoms with van der Waals surface area (Å²) >= 11 is 0. The Balaban J connectivity index is 1.76. The van der Waals surface area contributed by atoms with Gasteiger partial charge in [-0.3, -0.25) is 4.79 Å². The molecule has 1 saturated heterocycles. The molecule has 1 aliphatic heterocycles. The van der Waals surface area contributed by atoms with Gasteiger partial charge in [-0.2, -0.15) is 0 Å². The van der Waals surface area contributed by atoms with Crippen LogP contribution >= 0.6 is 0 Å². The van der Waals surface area contributed by atoms with Crippen molar-refractivity contribution in [2.45, 2.75) is 26.3 Å². The van der Waals surface area contributed by atoms with Crippen LogP contribution in [0.1, 0.15) is 35.8 Å². The van der Waals surface area contributed by atoms with Crippen molar-refractivity contribution in [1.29, 1.82) is 0 Å². The van der Waals surface area contributed by atoms with Crippen LogP contribution in [0.15, 0.2) is 54.6 Å². The largest absolute Gasteiger partial charge is 0.337 e. The molecule has 1 amide bonds. The summed E-state index contributed by atoms with van der Waals surface area (Å²) in [6.07, 6.45) is 2.21. The van der Waals surface area contributed by atoms with Gasteiger partial charge in [0.2, 0.25) is 0 Å². The van der Waals surface area contributed by atoms with E-state index < -0.39 is 0 Å². The monoisotopic (exact) mass is 350 g/mol. The molecular weight excluding hydrogens is 327 g/mol. The molecule has 2 heterocycles. The molecule has 26 heavy (non-hydrogen) atoms. The highest BCUT2D eigenvalue weighted by atomic mass is 19.1. The van der Waals surface area contributed by atoms with Crippen LogP contribution in [-0.4, -0.2) is 28.5 Å². The van der Waals surface area contributed by atoms with Gasteiger partial charge in [0.25, 0.3) is 5.91 Å². The van der Waals surface area contributed by atoms with Gasteiger partial charge in [-0.25, -0.2) is 4.39 Å². The zero-order valence-corrected chi connectivity index (χ0v) is 15.0. The molecule has 2 aromatic carbocycles. The van der Waals surface area contributed by atoms with E-state index in [1.807, 2.05) is 45.9 Å². The second-order valence-corrected chi connectivity index (χ2v) is 7.26. The van der Waals surface area contributed by atoms with Crippen LogP contribution in [-0.2, 0) is 6.54 Å². The van der Waals surface area contributed by atoms with Crippen LogP contribution in [0, 0.1) is 11.7 Å². The van der Waals surface area contributed by atoms with Crippen LogP contribution < -0.4 is 0 Å². The third-order valence-corrected chi connectivity index (χ3v) is 5.26. The molecule has 3 nitrogen and oxygen atoms in total. The second kappa shape index (κ2) is 6.94. The zero-order valence-electron chi connectivity index (χ0n) is 15.0. The summed E-state index contributed by atoms with van der Waals surface area (Å²) in [4.78, 5) is 15.2. The molecule has 4 heteroatoms. The molecular formula is C22H23FN2O. The van der Waals surface area contributed by atoms with Crippen molar-refractivity contribution < 1.29 is 9.18 Å². The van der Waals surface area contributed by atoms with E-state index in [0.29, 0.717) is 23.7 Å². The van der Waals surface area contributed by atoms with Crippen LogP contribution in [0.2, 0.25) is 0 Å². The number of hydrogen-bond donors (Lipinski definition) is 0. The number of para-hydroxylation sites is 1. The van der Waals surface area contributed by atoms with Crippen LogP contribution in [0.3, 0.4) is 0 Å². The number of carbonyl (C=O) groups excluding carboxylic acids is 1. The first kappa shape index (κ1) is 16.8. The minimum atomic E-state index is -0.240. The van der Waals surface area contributed by atoms with Crippen molar-refractivity contribution in [2.75, 3.05) is 13.1 Å². The van der Waals surface area contributed by atoms with Crippen molar-refractivity contribution >= 4 is 16.8 Å². The van der Waals surface area contributed by atoms with Crippen molar-refractivity contribution in [1.82, 2.24) is 9.47 Å². The van der Waals surface area contributed by atoms with E-state index in [-0.39, 0.29) is 11.7 Å². The Bertz CT molecular complexity index is 946. The lowest BCUT2D eigenvalue weighted by Gasteiger charge is -2.31. The van der Waals surface area contributed by atoms with Gasteiger partial charge in [0.15, 0.2) is 0 Å². The summed E-state index contributed by atoms with van der Waals surface area (Å²) in [5.41, 5.74) is 2.20. The molecule has 0 unspecified atom stereocenters. The fraction of sp³-hybridized carbons (Fsp3) is 0.318. The van der Waals surface area contributed by atoms with Crippen LogP contribution in [0.4, 0.5) is 4.39 Å². The lowest BCUT2D eigenvalue weighted by atomic mass is 10.00. The van der Waals surface area contributed by atoms with Gasteiger partial charge in [-0.1, -0.05) is 43.3 Å². The first-order valence-electron chi connectivity index (χ1n) is 9.24. The van der Waals surface area contributed by atoms with E-state index in [9.17, 15) is 9.18 Å². The Labute approximate surface area is 153 Å². The first-order chi connectivity index (χ1) is 12.6. The Hall–Kier alpha value is -2.62. The van der Waals surface area contributed by atoms with Gasteiger partial charge >= 0.3 is 0 Å². The lowest BCUT2D eigenvalue weighted by Crippen LogP contribution is -2.40. The third-order valence-electron chi connectivity index (χ3n) is 5.26. The number of fused-ring (bicyclic) bond motifs is 1. The number of likely N-dealkylation sites (tertiary alicyclic amines) is 1. The number of hydrogen-bond acceptors (Lipinski definition) is 1. The highest BCUT2D eigenvalue weighted by molar-refractivity contribution is 5.99. The van der Waals surface area contributed by atoms with Gasteiger partial charge in [0.05, 0.1) is 6.54 Å². The molecule has 1 aliphatic rings. The molecule has 0 radical (unpaired) electrons. The summed E-state index contributed by atoms with van der Waals surface area (Å²) in [5, 5.41) is 1.01. The average molecular weight is 350 g/mol. The number of aromatic nitrogens is 1. The molecule has 1 atom stereocenters. The number of piperidine rings is 1. The Morgan fingerprint density at radius 3 is 2.73 bits per heavy atom. The standard InChI is InChI=1S/C22H23FN2O/c1-16-7-6-12-24(14-16)22(26)21-13-17-8-3-5-11-20(17)25(21)15-18-9-2-4-10-19(18)23/h2-5,8-11,13,16H,6-7,12,14-15H2,1H3/t16-/m1/s1. The number of amides is 1. The second-order valence-electron chi connectivity index (χ2n) is 7.26. The summed E-state index contributed by atoms with van der Waals surface area (Å²) in [6, 6.07) is 16.6. The highest BCUT2D eigenvalue weighted by Crippen LogP contribution is 2.25. The number of halogens is 1. The number of benzene rings is 2. The van der Waals surface area contributed by atoms with E-state index in [2.05, 4.69) is 6.92 Å². The average Bonchev–Trinajstić information content (AvgIpc) is 3.01. The lowest BCUT2D eigenvalue weighted by molar-refractivity contribution is 0.0673. The number of rotatable bonds is 3. The quantitative estimate of drug-likeness (QED) is 0.672. The SMILES string of the molecule is C[C@@H]1CCCN(C(=O)c2cc3ccccc3n2Cc2ccccc2F)C1. The summed E-state index contributed by atoms with van der Waals surface area (Å²) in [7, 11) is 0. The van der Waals surface area contributed by atoms with Crippen molar-refractivity contribution in [3.05, 3.63) is 71.7 Å². The summed E-state index contributed by atoms with van der Waals surface area (Å²) < 4.78 is 16.2. The smallest absolute Gasteiger partial charge is 0.270 e. The summed E-state index contributed by atoms with van der Waals surface area (Å²) in [5.74, 6) is 0.330. The van der Waals surface area contributed by atoms with E-state index in [4.69, 9.17) is 0 Å². The molecule has 0 aliphatic carbocycles. The predicted octanol–water partition coefficient (Wildman–Crippen LogP) is 4.70. The Morgan fingerprint density at radius 1 is 1.15 bits per heavy atom. The maximum atomic E-state index is 14.2. The molecule has 3 aromatic rings. The molecule has 0 N–H and O–H groups in total.